The summed E-state index contributed by atoms with van der Waals surface area (Å²) < 4.78 is 0.893. The monoisotopic (exact) mass is 401 g/mol. The Labute approximate surface area is 172 Å². The average molecular weight is 401 g/mol. The number of anilines is 2. The number of rotatable bonds is 5. The number of hydrogen-bond acceptors (Lipinski definition) is 4. The van der Waals surface area contributed by atoms with Crippen molar-refractivity contribution in [3.8, 4) is 0 Å². The first-order valence-corrected chi connectivity index (χ1v) is 10.0. The van der Waals surface area contributed by atoms with E-state index >= 15 is 0 Å². The molecule has 0 saturated heterocycles. The third-order valence-electron chi connectivity index (χ3n) is 4.43. The molecule has 1 aromatic heterocycles. The molecule has 1 heterocycles. The molecule has 4 rings (SSSR count). The van der Waals surface area contributed by atoms with Crippen molar-refractivity contribution in [3.05, 3.63) is 89.5 Å². The van der Waals surface area contributed by atoms with E-state index in [0.717, 1.165) is 21.3 Å². The summed E-state index contributed by atoms with van der Waals surface area (Å²) in [6.45, 7) is 1.47. The number of thiazole rings is 1. The topological polar surface area (TPSA) is 71.1 Å². The Bertz CT molecular complexity index is 1190. The number of hydrogen-bond donors (Lipinski definition) is 2. The summed E-state index contributed by atoms with van der Waals surface area (Å²) in [5, 5.41) is 6.20. The van der Waals surface area contributed by atoms with Crippen LogP contribution in [0.15, 0.2) is 72.8 Å². The summed E-state index contributed by atoms with van der Waals surface area (Å²) in [5.41, 5.74) is 4.23. The van der Waals surface area contributed by atoms with Crippen molar-refractivity contribution >= 4 is 44.2 Å². The summed E-state index contributed by atoms with van der Waals surface area (Å²) in [6, 6.07) is 23.2. The van der Waals surface area contributed by atoms with Gasteiger partial charge in [0.15, 0.2) is 5.13 Å². The number of carbonyl (C=O) groups is 2. The third-order valence-corrected chi connectivity index (χ3v) is 5.36. The number of nitrogens with zero attached hydrogens (tertiary/aromatic N) is 1. The molecule has 0 spiro atoms. The zero-order valence-electron chi connectivity index (χ0n) is 15.8. The Kier molecular flexibility index (Phi) is 5.35. The smallest absolute Gasteiger partial charge is 0.257 e. The second-order valence-corrected chi connectivity index (χ2v) is 7.69. The molecule has 3 aromatic carbocycles. The van der Waals surface area contributed by atoms with E-state index in [1.165, 1.54) is 18.3 Å². The van der Waals surface area contributed by atoms with Gasteiger partial charge < -0.3 is 5.32 Å². The maximum atomic E-state index is 12.9. The minimum absolute atomic E-state index is 0.127. The van der Waals surface area contributed by atoms with Gasteiger partial charge in [0, 0.05) is 18.2 Å². The molecule has 0 saturated carbocycles. The number of amides is 2. The highest BCUT2D eigenvalue weighted by molar-refractivity contribution is 7.22. The number of carbonyl (C=O) groups excluding carboxylic acids is 2. The molecule has 0 aliphatic heterocycles. The lowest BCUT2D eigenvalue weighted by Gasteiger charge is -2.09. The van der Waals surface area contributed by atoms with Crippen LogP contribution < -0.4 is 10.6 Å². The molecule has 29 heavy (non-hydrogen) atoms. The second-order valence-electron chi connectivity index (χ2n) is 6.66. The van der Waals surface area contributed by atoms with Gasteiger partial charge in [-0.2, -0.15) is 0 Å². The number of aromatic nitrogens is 1. The van der Waals surface area contributed by atoms with Crippen molar-refractivity contribution in [2.45, 2.75) is 13.3 Å². The highest BCUT2D eigenvalue weighted by Crippen LogP contribution is 2.29. The fourth-order valence-electron chi connectivity index (χ4n) is 3.14. The predicted molar refractivity (Wildman–Crippen MR) is 118 cm³/mol. The van der Waals surface area contributed by atoms with Crippen molar-refractivity contribution in [2.75, 3.05) is 10.6 Å². The molecule has 4 aromatic rings. The molecule has 6 heteroatoms. The summed E-state index contributed by atoms with van der Waals surface area (Å²) in [6.07, 6.45) is 0.685. The van der Waals surface area contributed by atoms with Crippen LogP contribution in [0.5, 0.6) is 0 Å². The fraction of sp³-hybridized carbons (Fsp3) is 0.0870. The second kappa shape index (κ2) is 8.24. The van der Waals surface area contributed by atoms with Crippen molar-refractivity contribution in [1.82, 2.24) is 4.98 Å². The number of fused-ring (bicyclic) bond motifs is 1. The predicted octanol–water partition coefficient (Wildman–Crippen LogP) is 5.10. The molecule has 0 aliphatic rings. The highest BCUT2D eigenvalue weighted by atomic mass is 32.1. The van der Waals surface area contributed by atoms with E-state index < -0.39 is 0 Å². The summed E-state index contributed by atoms with van der Waals surface area (Å²) in [7, 11) is 0. The first kappa shape index (κ1) is 18.8. The standard InChI is InChI=1S/C23H19N3O2S/c1-15(27)24-18-11-12-20-21(14-18)29-23(25-20)26-22(28)19-10-6-5-9-17(19)13-16-7-3-2-4-8-16/h2-12,14H,13H2,1H3,(H,24,27)(H,25,26,28). The fourth-order valence-corrected chi connectivity index (χ4v) is 4.04. The first-order valence-electron chi connectivity index (χ1n) is 9.20. The van der Waals surface area contributed by atoms with Gasteiger partial charge >= 0.3 is 0 Å². The molecular weight excluding hydrogens is 382 g/mol. The van der Waals surface area contributed by atoms with E-state index in [0.29, 0.717) is 22.8 Å². The zero-order valence-corrected chi connectivity index (χ0v) is 16.6. The maximum Gasteiger partial charge on any atom is 0.257 e. The Morgan fingerprint density at radius 3 is 2.48 bits per heavy atom. The SMILES string of the molecule is CC(=O)Nc1ccc2nc(NC(=O)c3ccccc3Cc3ccccc3)sc2c1. The maximum absolute atomic E-state index is 12.9. The van der Waals surface area contributed by atoms with Crippen LogP contribution in [0.1, 0.15) is 28.4 Å². The van der Waals surface area contributed by atoms with Gasteiger partial charge in [0.2, 0.25) is 5.91 Å². The largest absolute Gasteiger partial charge is 0.326 e. The van der Waals surface area contributed by atoms with Crippen LogP contribution in [0.4, 0.5) is 10.8 Å². The van der Waals surface area contributed by atoms with E-state index in [1.54, 1.807) is 6.07 Å². The van der Waals surface area contributed by atoms with Gasteiger partial charge in [-0.3, -0.25) is 14.9 Å². The summed E-state index contributed by atoms with van der Waals surface area (Å²) >= 11 is 1.38. The van der Waals surface area contributed by atoms with Gasteiger partial charge in [-0.25, -0.2) is 4.98 Å². The molecule has 0 atom stereocenters. The molecule has 0 unspecified atom stereocenters. The Morgan fingerprint density at radius 2 is 1.69 bits per heavy atom. The van der Waals surface area contributed by atoms with Crippen molar-refractivity contribution in [2.24, 2.45) is 0 Å². The van der Waals surface area contributed by atoms with Gasteiger partial charge in [0.05, 0.1) is 10.2 Å². The zero-order chi connectivity index (χ0) is 20.2. The normalized spacial score (nSPS) is 10.7. The van der Waals surface area contributed by atoms with Gasteiger partial charge in [-0.15, -0.1) is 0 Å². The Morgan fingerprint density at radius 1 is 0.931 bits per heavy atom. The third kappa shape index (κ3) is 4.50. The van der Waals surface area contributed by atoms with E-state index in [4.69, 9.17) is 0 Å². The molecule has 144 valence electrons. The summed E-state index contributed by atoms with van der Waals surface area (Å²) in [4.78, 5) is 28.6. The van der Waals surface area contributed by atoms with Gasteiger partial charge in [-0.05, 0) is 41.8 Å². The molecule has 5 nitrogen and oxygen atoms in total. The summed E-state index contributed by atoms with van der Waals surface area (Å²) in [5.74, 6) is -0.310. The Balaban J connectivity index is 1.56. The van der Waals surface area contributed by atoms with Crippen molar-refractivity contribution < 1.29 is 9.59 Å². The number of nitrogens with one attached hydrogen (secondary N) is 2. The molecule has 0 radical (unpaired) electrons. The van der Waals surface area contributed by atoms with E-state index in [2.05, 4.69) is 27.8 Å². The minimum Gasteiger partial charge on any atom is -0.326 e. The van der Waals surface area contributed by atoms with Crippen LogP contribution in [-0.4, -0.2) is 16.8 Å². The van der Waals surface area contributed by atoms with Crippen LogP contribution in [0, 0.1) is 0 Å². The highest BCUT2D eigenvalue weighted by Gasteiger charge is 2.14. The quantitative estimate of drug-likeness (QED) is 0.489. The molecular formula is C23H19N3O2S. The van der Waals surface area contributed by atoms with Crippen molar-refractivity contribution in [1.29, 1.82) is 0 Å². The molecule has 0 aliphatic carbocycles. The van der Waals surface area contributed by atoms with Crippen LogP contribution in [-0.2, 0) is 11.2 Å². The van der Waals surface area contributed by atoms with E-state index in [-0.39, 0.29) is 11.8 Å². The van der Waals surface area contributed by atoms with Gasteiger partial charge in [0.25, 0.3) is 5.91 Å². The molecule has 2 N–H and O–H groups in total. The number of benzene rings is 3. The van der Waals surface area contributed by atoms with Gasteiger partial charge in [0.1, 0.15) is 0 Å². The van der Waals surface area contributed by atoms with E-state index in [1.807, 2.05) is 54.6 Å². The van der Waals surface area contributed by atoms with Crippen LogP contribution >= 0.6 is 11.3 Å². The van der Waals surface area contributed by atoms with Crippen LogP contribution in [0.2, 0.25) is 0 Å². The van der Waals surface area contributed by atoms with Crippen LogP contribution in [0.3, 0.4) is 0 Å². The van der Waals surface area contributed by atoms with Crippen LogP contribution in [0.25, 0.3) is 10.2 Å². The van der Waals surface area contributed by atoms with E-state index in [9.17, 15) is 9.59 Å². The molecule has 2 amide bonds. The lowest BCUT2D eigenvalue weighted by atomic mass is 9.99. The average Bonchev–Trinajstić information content (AvgIpc) is 3.10. The molecule has 0 fully saturated rings. The lowest BCUT2D eigenvalue weighted by molar-refractivity contribution is -0.114. The lowest BCUT2D eigenvalue weighted by Crippen LogP contribution is -2.14. The minimum atomic E-state index is -0.183. The first-order chi connectivity index (χ1) is 14.1. The molecule has 0 bridgehead atoms. The van der Waals surface area contributed by atoms with Crippen molar-refractivity contribution in [3.63, 3.8) is 0 Å². The van der Waals surface area contributed by atoms with Gasteiger partial charge in [-0.1, -0.05) is 59.9 Å². The Hall–Kier alpha value is -3.51.